The van der Waals surface area contributed by atoms with Crippen LogP contribution in [0.1, 0.15) is 42.7 Å². The molecular formula is C26H29ClN4O2S. The van der Waals surface area contributed by atoms with Crippen LogP contribution >= 0.6 is 22.9 Å². The summed E-state index contributed by atoms with van der Waals surface area (Å²) in [5, 5.41) is 4.27. The molecule has 2 amide bonds. The Balaban J connectivity index is 1.55. The number of aromatic nitrogens is 1. The SMILES string of the molecule is Cc1cc(Cl)cc(-c2ccnc3cc(CN4C(=O)CCC4=O)sc23)c1CN1C[C@@H](C)NC[C@@H]1C. The van der Waals surface area contributed by atoms with Gasteiger partial charge in [0.15, 0.2) is 0 Å². The molecule has 1 aromatic carbocycles. The van der Waals surface area contributed by atoms with Crippen LogP contribution in [-0.2, 0) is 22.7 Å². The van der Waals surface area contributed by atoms with Crippen molar-refractivity contribution in [3.63, 3.8) is 0 Å². The Morgan fingerprint density at radius 2 is 1.88 bits per heavy atom. The van der Waals surface area contributed by atoms with E-state index in [-0.39, 0.29) is 11.8 Å². The third-order valence-corrected chi connectivity index (χ3v) is 8.27. The third-order valence-electron chi connectivity index (χ3n) is 6.91. The zero-order chi connectivity index (χ0) is 24.0. The van der Waals surface area contributed by atoms with Crippen LogP contribution in [0.25, 0.3) is 21.3 Å². The Morgan fingerprint density at radius 3 is 2.65 bits per heavy atom. The van der Waals surface area contributed by atoms with E-state index in [1.807, 2.05) is 24.4 Å². The van der Waals surface area contributed by atoms with E-state index in [4.69, 9.17) is 11.6 Å². The zero-order valence-corrected chi connectivity index (χ0v) is 21.3. The van der Waals surface area contributed by atoms with Gasteiger partial charge in [-0.1, -0.05) is 11.6 Å². The minimum absolute atomic E-state index is 0.0947. The van der Waals surface area contributed by atoms with Gasteiger partial charge in [0.25, 0.3) is 0 Å². The summed E-state index contributed by atoms with van der Waals surface area (Å²) in [6.07, 6.45) is 2.44. The number of fused-ring (bicyclic) bond motifs is 1. The second-order valence-electron chi connectivity index (χ2n) is 9.50. The van der Waals surface area contributed by atoms with Gasteiger partial charge in [-0.2, -0.15) is 0 Å². The molecule has 2 aromatic heterocycles. The zero-order valence-electron chi connectivity index (χ0n) is 19.7. The number of nitrogens with one attached hydrogen (secondary N) is 1. The van der Waals surface area contributed by atoms with Gasteiger partial charge < -0.3 is 5.32 Å². The topological polar surface area (TPSA) is 65.5 Å². The van der Waals surface area contributed by atoms with Crippen LogP contribution in [-0.4, -0.2) is 51.8 Å². The number of nitrogens with zero attached hydrogens (tertiary/aromatic N) is 3. The molecule has 0 unspecified atom stereocenters. The van der Waals surface area contributed by atoms with Gasteiger partial charge in [-0.3, -0.25) is 24.4 Å². The van der Waals surface area contributed by atoms with Crippen molar-refractivity contribution < 1.29 is 9.59 Å². The molecule has 0 saturated carbocycles. The van der Waals surface area contributed by atoms with Crippen molar-refractivity contribution in [1.29, 1.82) is 0 Å². The Kier molecular flexibility index (Phi) is 6.46. The number of piperazine rings is 1. The Labute approximate surface area is 208 Å². The fourth-order valence-corrected chi connectivity index (χ4v) is 6.38. The molecule has 1 N–H and O–H groups in total. The van der Waals surface area contributed by atoms with Gasteiger partial charge >= 0.3 is 0 Å². The molecule has 2 fully saturated rings. The van der Waals surface area contributed by atoms with Gasteiger partial charge in [0, 0.05) is 66.2 Å². The van der Waals surface area contributed by atoms with Crippen LogP contribution in [0.3, 0.4) is 0 Å². The van der Waals surface area contributed by atoms with Crippen LogP contribution < -0.4 is 5.32 Å². The van der Waals surface area contributed by atoms with Crippen LogP contribution in [0.5, 0.6) is 0 Å². The van der Waals surface area contributed by atoms with Crippen molar-refractivity contribution in [2.45, 2.75) is 58.8 Å². The number of likely N-dealkylation sites (tertiary alicyclic amines) is 1. The number of thiophene rings is 1. The van der Waals surface area contributed by atoms with Gasteiger partial charge in [-0.15, -0.1) is 11.3 Å². The third kappa shape index (κ3) is 4.50. The van der Waals surface area contributed by atoms with Crippen LogP contribution in [0.15, 0.2) is 30.5 Å². The fraction of sp³-hybridized carbons (Fsp3) is 0.423. The molecule has 178 valence electrons. The van der Waals surface area contributed by atoms with Gasteiger partial charge in [-0.25, -0.2) is 0 Å². The second-order valence-corrected chi connectivity index (χ2v) is 11.1. The first kappa shape index (κ1) is 23.4. The first-order valence-corrected chi connectivity index (χ1v) is 13.0. The number of imide groups is 1. The molecule has 2 aliphatic rings. The van der Waals surface area contributed by atoms with E-state index in [1.165, 1.54) is 16.0 Å². The number of rotatable bonds is 5. The maximum absolute atomic E-state index is 12.1. The minimum atomic E-state index is -0.0947. The molecule has 8 heteroatoms. The van der Waals surface area contributed by atoms with Gasteiger partial charge in [0.1, 0.15) is 0 Å². The van der Waals surface area contributed by atoms with Gasteiger partial charge in [0.05, 0.1) is 16.8 Å². The van der Waals surface area contributed by atoms with Crippen molar-refractivity contribution in [2.24, 2.45) is 0 Å². The van der Waals surface area contributed by atoms with Crippen molar-refractivity contribution in [1.82, 2.24) is 20.1 Å². The van der Waals surface area contributed by atoms with E-state index in [0.717, 1.165) is 45.9 Å². The molecule has 2 saturated heterocycles. The van der Waals surface area contributed by atoms with E-state index in [9.17, 15) is 9.59 Å². The quantitative estimate of drug-likeness (QED) is 0.516. The maximum atomic E-state index is 12.1. The highest BCUT2D eigenvalue weighted by Crippen LogP contribution is 2.39. The predicted octanol–water partition coefficient (Wildman–Crippen LogP) is 4.76. The summed E-state index contributed by atoms with van der Waals surface area (Å²) >= 11 is 8.15. The Bertz CT molecular complexity index is 1260. The molecule has 0 aliphatic carbocycles. The number of halogens is 1. The fourth-order valence-electron chi connectivity index (χ4n) is 4.98. The maximum Gasteiger partial charge on any atom is 0.230 e. The first-order valence-electron chi connectivity index (χ1n) is 11.8. The number of amides is 2. The summed E-state index contributed by atoms with van der Waals surface area (Å²) < 4.78 is 1.06. The summed E-state index contributed by atoms with van der Waals surface area (Å²) in [7, 11) is 0. The number of carbonyl (C=O) groups excluding carboxylic acids is 2. The molecular weight excluding hydrogens is 468 g/mol. The van der Waals surface area contributed by atoms with Crippen molar-refractivity contribution in [3.05, 3.63) is 51.5 Å². The number of aryl methyl sites for hydroxylation is 1. The molecule has 6 nitrogen and oxygen atoms in total. The lowest BCUT2D eigenvalue weighted by Crippen LogP contribution is -2.53. The summed E-state index contributed by atoms with van der Waals surface area (Å²) in [5.74, 6) is -0.189. The largest absolute Gasteiger partial charge is 0.311 e. The lowest BCUT2D eigenvalue weighted by molar-refractivity contribution is -0.138. The normalized spacial score (nSPS) is 21.7. The molecule has 4 heterocycles. The van der Waals surface area contributed by atoms with E-state index in [1.54, 1.807) is 11.3 Å². The highest BCUT2D eigenvalue weighted by molar-refractivity contribution is 7.19. The monoisotopic (exact) mass is 496 g/mol. The van der Waals surface area contributed by atoms with E-state index in [2.05, 4.69) is 42.0 Å². The van der Waals surface area contributed by atoms with Crippen molar-refractivity contribution >= 4 is 45.0 Å². The predicted molar refractivity (Wildman–Crippen MR) is 137 cm³/mol. The summed E-state index contributed by atoms with van der Waals surface area (Å²) in [6, 6.07) is 9.05. The van der Waals surface area contributed by atoms with Gasteiger partial charge in [-0.05, 0) is 61.7 Å². The molecule has 0 bridgehead atoms. The van der Waals surface area contributed by atoms with Crippen LogP contribution in [0.4, 0.5) is 0 Å². The summed E-state index contributed by atoms with van der Waals surface area (Å²) in [4.78, 5) is 33.7. The van der Waals surface area contributed by atoms with Crippen molar-refractivity contribution in [2.75, 3.05) is 13.1 Å². The number of hydrogen-bond donors (Lipinski definition) is 1. The summed E-state index contributed by atoms with van der Waals surface area (Å²) in [5.41, 5.74) is 5.55. The molecule has 34 heavy (non-hydrogen) atoms. The van der Waals surface area contributed by atoms with E-state index < -0.39 is 0 Å². The molecule has 2 aliphatic heterocycles. The van der Waals surface area contributed by atoms with E-state index >= 15 is 0 Å². The average Bonchev–Trinajstić information content (AvgIpc) is 3.35. The Morgan fingerprint density at radius 1 is 1.12 bits per heavy atom. The minimum Gasteiger partial charge on any atom is -0.311 e. The first-order chi connectivity index (χ1) is 16.3. The molecule has 0 radical (unpaired) electrons. The Hall–Kier alpha value is -2.32. The molecule has 5 rings (SSSR count). The second kappa shape index (κ2) is 9.38. The highest BCUT2D eigenvalue weighted by atomic mass is 35.5. The standard InChI is InChI=1S/C26H29ClN4O2S/c1-15-8-18(27)9-21(22(15)14-30-12-16(2)29-11-17(30)3)20-6-7-28-23-10-19(34-26(20)23)13-31-24(32)4-5-25(31)33/h6-10,16-17,29H,4-5,11-14H2,1-3H3/t16-,17+/m1/s1. The number of benzene rings is 1. The molecule has 2 atom stereocenters. The molecule has 0 spiro atoms. The van der Waals surface area contributed by atoms with Crippen LogP contribution in [0, 0.1) is 6.92 Å². The summed E-state index contributed by atoms with van der Waals surface area (Å²) in [6.45, 7) is 9.76. The van der Waals surface area contributed by atoms with E-state index in [0.29, 0.717) is 36.5 Å². The lowest BCUT2D eigenvalue weighted by Gasteiger charge is -2.38. The number of hydrogen-bond acceptors (Lipinski definition) is 6. The van der Waals surface area contributed by atoms with Crippen molar-refractivity contribution in [3.8, 4) is 11.1 Å². The lowest BCUT2D eigenvalue weighted by atomic mass is 9.95. The van der Waals surface area contributed by atoms with Crippen LogP contribution in [0.2, 0.25) is 5.02 Å². The van der Waals surface area contributed by atoms with Gasteiger partial charge in [0.2, 0.25) is 11.8 Å². The number of carbonyl (C=O) groups is 2. The molecule has 3 aromatic rings. The smallest absolute Gasteiger partial charge is 0.230 e. The average molecular weight is 497 g/mol. The highest BCUT2D eigenvalue weighted by Gasteiger charge is 2.29. The number of pyridine rings is 1.